The predicted molar refractivity (Wildman–Crippen MR) is 112 cm³/mol. The average Bonchev–Trinajstić information content (AvgIpc) is 2.69. The van der Waals surface area contributed by atoms with Gasteiger partial charge in [0.05, 0.1) is 0 Å². The molecule has 3 aromatic carbocycles. The van der Waals surface area contributed by atoms with Gasteiger partial charge in [-0.2, -0.15) is 0 Å². The van der Waals surface area contributed by atoms with Crippen LogP contribution in [0.2, 0.25) is 0 Å². The Kier molecular flexibility index (Phi) is 5.72. The molecule has 3 rings (SSSR count). The Morgan fingerprint density at radius 1 is 0.741 bits per heavy atom. The Balaban J connectivity index is 1.72. The molecule has 136 valence electrons. The highest BCUT2D eigenvalue weighted by atomic mass is 79.9. The molecule has 0 saturated carbocycles. The van der Waals surface area contributed by atoms with Crippen LogP contribution in [0.3, 0.4) is 0 Å². The topological polar surface area (TPSA) is 49.4 Å². The SMILES string of the molecule is CN(C)C(=O)c1ccc(-c2ccc(C(=O)Nc3ccc(Br)cc3)cc2)cc1. The second kappa shape index (κ2) is 8.18. The molecule has 0 spiro atoms. The van der Waals surface area contributed by atoms with Crippen molar-refractivity contribution in [1.29, 1.82) is 0 Å². The lowest BCUT2D eigenvalue weighted by molar-refractivity contribution is 0.0827. The fraction of sp³-hybridized carbons (Fsp3) is 0.0909. The van der Waals surface area contributed by atoms with Gasteiger partial charge in [-0.1, -0.05) is 40.2 Å². The van der Waals surface area contributed by atoms with Crippen LogP contribution in [0.25, 0.3) is 11.1 Å². The first-order chi connectivity index (χ1) is 12.9. The first-order valence-corrected chi connectivity index (χ1v) is 9.22. The van der Waals surface area contributed by atoms with Crippen molar-refractivity contribution in [2.24, 2.45) is 0 Å². The Labute approximate surface area is 167 Å². The van der Waals surface area contributed by atoms with E-state index in [2.05, 4.69) is 21.2 Å². The fourth-order valence-electron chi connectivity index (χ4n) is 2.61. The summed E-state index contributed by atoms with van der Waals surface area (Å²) in [6.45, 7) is 0. The number of benzene rings is 3. The summed E-state index contributed by atoms with van der Waals surface area (Å²) >= 11 is 3.37. The molecular weight excluding hydrogens is 404 g/mol. The van der Waals surface area contributed by atoms with Gasteiger partial charge >= 0.3 is 0 Å². The molecule has 5 heteroatoms. The van der Waals surface area contributed by atoms with Crippen molar-refractivity contribution in [1.82, 2.24) is 4.90 Å². The van der Waals surface area contributed by atoms with Gasteiger partial charge in [0.1, 0.15) is 0 Å². The van der Waals surface area contributed by atoms with Gasteiger partial charge in [0.25, 0.3) is 11.8 Å². The number of hydrogen-bond donors (Lipinski definition) is 1. The van der Waals surface area contributed by atoms with Crippen molar-refractivity contribution in [3.63, 3.8) is 0 Å². The third-order valence-corrected chi connectivity index (χ3v) is 4.65. The summed E-state index contributed by atoms with van der Waals surface area (Å²) in [6.07, 6.45) is 0. The van der Waals surface area contributed by atoms with Crippen LogP contribution in [-0.2, 0) is 0 Å². The van der Waals surface area contributed by atoms with Crippen molar-refractivity contribution in [3.8, 4) is 11.1 Å². The summed E-state index contributed by atoms with van der Waals surface area (Å²) < 4.78 is 0.961. The lowest BCUT2D eigenvalue weighted by Gasteiger charge is -2.11. The van der Waals surface area contributed by atoms with Crippen LogP contribution < -0.4 is 5.32 Å². The average molecular weight is 423 g/mol. The van der Waals surface area contributed by atoms with Crippen molar-refractivity contribution in [2.75, 3.05) is 19.4 Å². The fourth-order valence-corrected chi connectivity index (χ4v) is 2.88. The highest BCUT2D eigenvalue weighted by Crippen LogP contribution is 2.21. The summed E-state index contributed by atoms with van der Waals surface area (Å²) in [4.78, 5) is 25.9. The number of hydrogen-bond acceptors (Lipinski definition) is 2. The van der Waals surface area contributed by atoms with Crippen LogP contribution in [0.1, 0.15) is 20.7 Å². The van der Waals surface area contributed by atoms with E-state index in [0.717, 1.165) is 21.3 Å². The lowest BCUT2D eigenvalue weighted by Crippen LogP contribution is -2.21. The van der Waals surface area contributed by atoms with Gasteiger partial charge < -0.3 is 10.2 Å². The van der Waals surface area contributed by atoms with Gasteiger partial charge in [-0.25, -0.2) is 0 Å². The Hall–Kier alpha value is -2.92. The summed E-state index contributed by atoms with van der Waals surface area (Å²) in [5, 5.41) is 2.87. The smallest absolute Gasteiger partial charge is 0.255 e. The number of carbonyl (C=O) groups excluding carboxylic acids is 2. The van der Waals surface area contributed by atoms with Crippen LogP contribution >= 0.6 is 15.9 Å². The van der Waals surface area contributed by atoms with Crippen LogP contribution in [-0.4, -0.2) is 30.8 Å². The molecule has 0 atom stereocenters. The van der Waals surface area contributed by atoms with Gasteiger partial charge in [-0.15, -0.1) is 0 Å². The molecule has 4 nitrogen and oxygen atoms in total. The Bertz CT molecular complexity index is 947. The molecule has 0 aliphatic heterocycles. The van der Waals surface area contributed by atoms with E-state index in [1.54, 1.807) is 31.1 Å². The highest BCUT2D eigenvalue weighted by Gasteiger charge is 2.09. The normalized spacial score (nSPS) is 10.3. The molecule has 0 aliphatic carbocycles. The molecule has 0 fully saturated rings. The molecule has 0 aliphatic rings. The van der Waals surface area contributed by atoms with Crippen LogP contribution in [0, 0.1) is 0 Å². The summed E-state index contributed by atoms with van der Waals surface area (Å²) in [7, 11) is 3.46. The van der Waals surface area contributed by atoms with Gasteiger partial charge in [0, 0.05) is 35.4 Å². The van der Waals surface area contributed by atoms with Gasteiger partial charge in [0.15, 0.2) is 0 Å². The Morgan fingerprint density at radius 2 is 1.22 bits per heavy atom. The molecule has 0 bridgehead atoms. The first kappa shape index (κ1) is 18.9. The van der Waals surface area contributed by atoms with E-state index < -0.39 is 0 Å². The van der Waals surface area contributed by atoms with E-state index in [-0.39, 0.29) is 11.8 Å². The standard InChI is InChI=1S/C22H19BrN2O2/c1-25(2)22(27)18-9-5-16(6-10-18)15-3-7-17(8-4-15)21(26)24-20-13-11-19(23)12-14-20/h3-14H,1-2H3,(H,24,26). The largest absolute Gasteiger partial charge is 0.345 e. The minimum absolute atomic E-state index is 0.0264. The maximum Gasteiger partial charge on any atom is 0.255 e. The zero-order chi connectivity index (χ0) is 19.4. The van der Waals surface area contributed by atoms with Crippen molar-refractivity contribution < 1.29 is 9.59 Å². The van der Waals surface area contributed by atoms with E-state index in [1.165, 1.54) is 0 Å². The maximum atomic E-state index is 12.4. The highest BCUT2D eigenvalue weighted by molar-refractivity contribution is 9.10. The number of halogens is 1. The van der Waals surface area contributed by atoms with E-state index in [4.69, 9.17) is 0 Å². The van der Waals surface area contributed by atoms with Gasteiger partial charge in [-0.05, 0) is 59.7 Å². The van der Waals surface area contributed by atoms with Crippen LogP contribution in [0.15, 0.2) is 77.3 Å². The third-order valence-electron chi connectivity index (χ3n) is 4.12. The first-order valence-electron chi connectivity index (χ1n) is 8.43. The minimum atomic E-state index is -0.157. The van der Waals surface area contributed by atoms with E-state index >= 15 is 0 Å². The van der Waals surface area contributed by atoms with E-state index in [0.29, 0.717) is 11.1 Å². The molecule has 0 heterocycles. The van der Waals surface area contributed by atoms with Gasteiger partial charge in [0.2, 0.25) is 0 Å². The molecule has 27 heavy (non-hydrogen) atoms. The van der Waals surface area contributed by atoms with Crippen LogP contribution in [0.5, 0.6) is 0 Å². The summed E-state index contributed by atoms with van der Waals surface area (Å²) in [5.74, 6) is -0.183. The summed E-state index contributed by atoms with van der Waals surface area (Å²) in [6, 6.07) is 22.3. The Morgan fingerprint density at radius 3 is 1.70 bits per heavy atom. The van der Waals surface area contributed by atoms with Crippen molar-refractivity contribution >= 4 is 33.4 Å². The summed E-state index contributed by atoms with van der Waals surface area (Å²) in [5.41, 5.74) is 3.95. The molecule has 3 aromatic rings. The number of carbonyl (C=O) groups is 2. The maximum absolute atomic E-state index is 12.4. The molecule has 2 amide bonds. The second-order valence-corrected chi connectivity index (χ2v) is 7.23. The number of rotatable bonds is 4. The quantitative estimate of drug-likeness (QED) is 0.637. The zero-order valence-electron chi connectivity index (χ0n) is 15.1. The number of nitrogens with zero attached hydrogens (tertiary/aromatic N) is 1. The van der Waals surface area contributed by atoms with Gasteiger partial charge in [-0.3, -0.25) is 9.59 Å². The number of nitrogens with one attached hydrogen (secondary N) is 1. The molecule has 0 aromatic heterocycles. The van der Waals surface area contributed by atoms with Crippen LogP contribution in [0.4, 0.5) is 5.69 Å². The molecular formula is C22H19BrN2O2. The minimum Gasteiger partial charge on any atom is -0.345 e. The molecule has 0 saturated heterocycles. The predicted octanol–water partition coefficient (Wildman–Crippen LogP) is 5.07. The number of anilines is 1. The molecule has 0 radical (unpaired) electrons. The van der Waals surface area contributed by atoms with E-state index in [1.807, 2.05) is 60.7 Å². The third kappa shape index (κ3) is 4.63. The monoisotopic (exact) mass is 422 g/mol. The van der Waals surface area contributed by atoms with E-state index in [9.17, 15) is 9.59 Å². The second-order valence-electron chi connectivity index (χ2n) is 6.32. The van der Waals surface area contributed by atoms with Crippen molar-refractivity contribution in [3.05, 3.63) is 88.4 Å². The molecule has 0 unspecified atom stereocenters. The van der Waals surface area contributed by atoms with Crippen molar-refractivity contribution in [2.45, 2.75) is 0 Å². The zero-order valence-corrected chi connectivity index (χ0v) is 16.7. The molecule has 1 N–H and O–H groups in total. The lowest BCUT2D eigenvalue weighted by atomic mass is 10.0. The number of amides is 2.